The van der Waals surface area contributed by atoms with E-state index in [9.17, 15) is 9.59 Å². The lowest BCUT2D eigenvalue weighted by Crippen LogP contribution is -2.38. The van der Waals surface area contributed by atoms with Crippen LogP contribution in [0.25, 0.3) is 0 Å². The number of Topliss-reactive ketones (excluding diaryl/α,β-unsaturated/α-hetero) is 1. The monoisotopic (exact) mass is 239 g/mol. The summed E-state index contributed by atoms with van der Waals surface area (Å²) in [7, 11) is 1.55. The van der Waals surface area contributed by atoms with Gasteiger partial charge >= 0.3 is 0 Å². The van der Waals surface area contributed by atoms with Crippen molar-refractivity contribution in [2.75, 3.05) is 20.2 Å². The Morgan fingerprint density at radius 2 is 2.12 bits per heavy atom. The summed E-state index contributed by atoms with van der Waals surface area (Å²) in [6.07, 6.45) is 0.943. The van der Waals surface area contributed by atoms with Gasteiger partial charge in [-0.2, -0.15) is 0 Å². The second-order valence-electron chi connectivity index (χ2n) is 3.65. The Labute approximate surface area is 97.8 Å². The zero-order chi connectivity index (χ0) is 11.5. The van der Waals surface area contributed by atoms with Gasteiger partial charge in [-0.3, -0.25) is 9.59 Å². The van der Waals surface area contributed by atoms with Crippen LogP contribution in [0.4, 0.5) is 0 Å². The second-order valence-corrected chi connectivity index (χ2v) is 4.57. The summed E-state index contributed by atoms with van der Waals surface area (Å²) >= 11 is 1.38. The van der Waals surface area contributed by atoms with Crippen LogP contribution in [0, 0.1) is 0 Å². The molecule has 1 aromatic rings. The fraction of sp³-hybridized carbons (Fsp3) is 0.455. The Bertz CT molecular complexity index is 403. The van der Waals surface area contributed by atoms with Gasteiger partial charge in [0.05, 0.1) is 7.11 Å². The lowest BCUT2D eigenvalue weighted by Gasteiger charge is -2.25. The second kappa shape index (κ2) is 4.65. The minimum absolute atomic E-state index is 0.0284. The summed E-state index contributed by atoms with van der Waals surface area (Å²) in [5, 5.41) is 1.83. The third-order valence-electron chi connectivity index (χ3n) is 2.65. The molecule has 1 aliphatic rings. The smallest absolute Gasteiger partial charge is 0.267 e. The summed E-state index contributed by atoms with van der Waals surface area (Å²) in [5.41, 5.74) is 0. The average Bonchev–Trinajstić information content (AvgIpc) is 2.77. The zero-order valence-electron chi connectivity index (χ0n) is 9.06. The molecule has 0 bridgehead atoms. The Morgan fingerprint density at radius 3 is 2.75 bits per heavy atom. The van der Waals surface area contributed by atoms with Crippen LogP contribution >= 0.6 is 11.3 Å². The predicted octanol–water partition coefficient (Wildman–Crippen LogP) is 1.56. The van der Waals surface area contributed by atoms with E-state index in [1.807, 2.05) is 5.38 Å². The molecule has 0 saturated carbocycles. The van der Waals surface area contributed by atoms with Crippen LogP contribution < -0.4 is 4.74 Å². The maximum absolute atomic E-state index is 12.1. The molecule has 2 rings (SSSR count). The predicted molar refractivity (Wildman–Crippen MR) is 61.0 cm³/mol. The van der Waals surface area contributed by atoms with Crippen LogP contribution in [0.5, 0.6) is 5.75 Å². The molecule has 1 aromatic heterocycles. The van der Waals surface area contributed by atoms with E-state index < -0.39 is 0 Å². The molecule has 1 saturated heterocycles. The Kier molecular flexibility index (Phi) is 3.24. The molecular formula is C11H13NO3S. The van der Waals surface area contributed by atoms with Crippen LogP contribution in [-0.4, -0.2) is 36.8 Å². The average molecular weight is 239 g/mol. The van der Waals surface area contributed by atoms with Gasteiger partial charge in [0.1, 0.15) is 16.4 Å². The molecule has 0 aliphatic carbocycles. The van der Waals surface area contributed by atoms with Crippen molar-refractivity contribution in [3.63, 3.8) is 0 Å². The maximum atomic E-state index is 12.1. The highest BCUT2D eigenvalue weighted by atomic mass is 32.1. The normalized spacial score (nSPS) is 16.3. The topological polar surface area (TPSA) is 46.6 Å². The first-order valence-electron chi connectivity index (χ1n) is 5.15. The summed E-state index contributed by atoms with van der Waals surface area (Å²) < 4.78 is 5.11. The molecule has 1 fully saturated rings. The first kappa shape index (κ1) is 11.1. The highest BCUT2D eigenvalue weighted by molar-refractivity contribution is 7.12. The quantitative estimate of drug-likeness (QED) is 0.787. The van der Waals surface area contributed by atoms with E-state index in [2.05, 4.69) is 0 Å². The van der Waals surface area contributed by atoms with Gasteiger partial charge in [-0.1, -0.05) is 0 Å². The van der Waals surface area contributed by atoms with Crippen LogP contribution in [0.3, 0.4) is 0 Å². The van der Waals surface area contributed by atoms with Crippen molar-refractivity contribution in [2.24, 2.45) is 0 Å². The number of ketones is 1. The van der Waals surface area contributed by atoms with E-state index in [4.69, 9.17) is 4.74 Å². The van der Waals surface area contributed by atoms with Crippen molar-refractivity contribution in [3.8, 4) is 5.75 Å². The molecule has 4 nitrogen and oxygen atoms in total. The van der Waals surface area contributed by atoms with Crippen LogP contribution in [0.2, 0.25) is 0 Å². The van der Waals surface area contributed by atoms with Gasteiger partial charge in [-0.15, -0.1) is 11.3 Å². The van der Waals surface area contributed by atoms with E-state index in [1.165, 1.54) is 11.3 Å². The van der Waals surface area contributed by atoms with Gasteiger partial charge in [0.2, 0.25) is 0 Å². The number of rotatable bonds is 2. The number of carbonyl (C=O) groups excluding carboxylic acids is 2. The van der Waals surface area contributed by atoms with Gasteiger partial charge in [-0.25, -0.2) is 0 Å². The molecule has 0 radical (unpaired) electrons. The summed E-state index contributed by atoms with van der Waals surface area (Å²) in [5.74, 6) is 0.827. The lowest BCUT2D eigenvalue weighted by atomic mass is 10.1. The minimum atomic E-state index is -0.0284. The Hall–Kier alpha value is -1.36. The Morgan fingerprint density at radius 1 is 1.44 bits per heavy atom. The van der Waals surface area contributed by atoms with E-state index in [-0.39, 0.29) is 11.7 Å². The number of amides is 1. The number of nitrogens with zero attached hydrogens (tertiary/aromatic N) is 1. The number of ether oxygens (including phenoxy) is 1. The summed E-state index contributed by atoms with van der Waals surface area (Å²) in [6, 6.07) is 1.78. The van der Waals surface area contributed by atoms with Crippen molar-refractivity contribution >= 4 is 23.0 Å². The van der Waals surface area contributed by atoms with Crippen LogP contribution in [-0.2, 0) is 4.79 Å². The first-order valence-corrected chi connectivity index (χ1v) is 6.03. The van der Waals surface area contributed by atoms with Crippen molar-refractivity contribution in [1.82, 2.24) is 4.90 Å². The highest BCUT2D eigenvalue weighted by Gasteiger charge is 2.24. The van der Waals surface area contributed by atoms with Crippen molar-refractivity contribution in [2.45, 2.75) is 12.8 Å². The largest absolute Gasteiger partial charge is 0.495 e. The van der Waals surface area contributed by atoms with E-state index >= 15 is 0 Å². The molecule has 2 heterocycles. The van der Waals surface area contributed by atoms with E-state index in [1.54, 1.807) is 18.1 Å². The minimum Gasteiger partial charge on any atom is -0.495 e. The number of piperidine rings is 1. The number of likely N-dealkylation sites (tertiary alicyclic amines) is 1. The number of methoxy groups -OCH3 is 1. The third-order valence-corrected chi connectivity index (χ3v) is 3.54. The molecule has 16 heavy (non-hydrogen) atoms. The number of hydrogen-bond donors (Lipinski definition) is 0. The van der Waals surface area contributed by atoms with Crippen LogP contribution in [0.1, 0.15) is 22.5 Å². The molecule has 0 unspecified atom stereocenters. The SMILES string of the molecule is COc1ccsc1C(=O)N1CCC(=O)CC1. The standard InChI is InChI=1S/C11H13NO3S/c1-15-9-4-7-16-10(9)11(14)12-5-2-8(13)3-6-12/h4,7H,2-3,5-6H2,1H3. The Balaban J connectivity index is 2.10. The number of carbonyl (C=O) groups is 2. The molecule has 0 aromatic carbocycles. The van der Waals surface area contributed by atoms with Crippen LogP contribution in [0.15, 0.2) is 11.4 Å². The molecule has 1 aliphatic heterocycles. The highest BCUT2D eigenvalue weighted by Crippen LogP contribution is 2.26. The molecule has 0 N–H and O–H groups in total. The lowest BCUT2D eigenvalue weighted by molar-refractivity contribution is -0.120. The molecule has 0 spiro atoms. The number of hydrogen-bond acceptors (Lipinski definition) is 4. The molecule has 0 atom stereocenters. The van der Waals surface area contributed by atoms with Gasteiger partial charge in [0.15, 0.2) is 0 Å². The van der Waals surface area contributed by atoms with Crippen molar-refractivity contribution in [3.05, 3.63) is 16.3 Å². The molecule has 86 valence electrons. The van der Waals surface area contributed by atoms with Gasteiger partial charge in [-0.05, 0) is 11.4 Å². The summed E-state index contributed by atoms with van der Waals surface area (Å²) in [4.78, 5) is 25.5. The number of thiophene rings is 1. The fourth-order valence-electron chi connectivity index (χ4n) is 1.72. The first-order chi connectivity index (χ1) is 7.72. The van der Waals surface area contributed by atoms with Gasteiger partial charge in [0, 0.05) is 25.9 Å². The maximum Gasteiger partial charge on any atom is 0.267 e. The fourth-order valence-corrected chi connectivity index (χ4v) is 2.54. The molecule has 1 amide bonds. The van der Waals surface area contributed by atoms with Gasteiger partial charge in [0.25, 0.3) is 5.91 Å². The van der Waals surface area contributed by atoms with E-state index in [0.717, 1.165) is 0 Å². The summed E-state index contributed by atoms with van der Waals surface area (Å²) in [6.45, 7) is 1.05. The van der Waals surface area contributed by atoms with Crippen molar-refractivity contribution in [1.29, 1.82) is 0 Å². The zero-order valence-corrected chi connectivity index (χ0v) is 9.88. The molecule has 5 heteroatoms. The molecular weight excluding hydrogens is 226 g/mol. The third kappa shape index (κ3) is 2.09. The van der Waals surface area contributed by atoms with Gasteiger partial charge < -0.3 is 9.64 Å². The van der Waals surface area contributed by atoms with Crippen molar-refractivity contribution < 1.29 is 14.3 Å². The van der Waals surface area contributed by atoms with E-state index in [0.29, 0.717) is 36.6 Å².